The van der Waals surface area contributed by atoms with Crippen LogP contribution >= 0.6 is 0 Å². The highest BCUT2D eigenvalue weighted by Crippen LogP contribution is 2.21. The van der Waals surface area contributed by atoms with Crippen LogP contribution in [0.2, 0.25) is 0 Å². The van der Waals surface area contributed by atoms with E-state index in [0.29, 0.717) is 31.5 Å². The largest absolute Gasteiger partial charge is 0.340 e. The van der Waals surface area contributed by atoms with E-state index in [0.717, 1.165) is 19.4 Å². The van der Waals surface area contributed by atoms with Crippen molar-refractivity contribution in [2.45, 2.75) is 38.8 Å². The predicted molar refractivity (Wildman–Crippen MR) is 69.8 cm³/mol. The minimum Gasteiger partial charge on any atom is -0.340 e. The van der Waals surface area contributed by atoms with Gasteiger partial charge in [0, 0.05) is 37.9 Å². The Balaban J connectivity index is 1.86. The minimum absolute atomic E-state index is 0.219. The Labute approximate surface area is 108 Å². The number of amides is 1. The molecule has 0 saturated carbocycles. The second kappa shape index (κ2) is 6.00. The van der Waals surface area contributed by atoms with Crippen molar-refractivity contribution in [3.05, 3.63) is 18.5 Å². The molecule has 1 fully saturated rings. The summed E-state index contributed by atoms with van der Waals surface area (Å²) in [4.78, 5) is 14.2. The average molecular weight is 250 g/mol. The molecule has 1 aromatic rings. The van der Waals surface area contributed by atoms with Crippen molar-refractivity contribution in [3.8, 4) is 0 Å². The first-order valence-corrected chi connectivity index (χ1v) is 6.67. The number of likely N-dealkylation sites (tertiary alicyclic amines) is 1. The number of aromatic nitrogens is 2. The van der Waals surface area contributed by atoms with Gasteiger partial charge in [0.25, 0.3) is 0 Å². The van der Waals surface area contributed by atoms with E-state index >= 15 is 0 Å². The topological polar surface area (TPSA) is 64.2 Å². The van der Waals surface area contributed by atoms with E-state index in [1.807, 2.05) is 17.2 Å². The first-order chi connectivity index (χ1) is 8.70. The van der Waals surface area contributed by atoms with E-state index in [1.54, 1.807) is 10.9 Å². The van der Waals surface area contributed by atoms with Crippen LogP contribution in [0.1, 0.15) is 26.2 Å². The number of piperidine rings is 1. The van der Waals surface area contributed by atoms with E-state index in [4.69, 9.17) is 5.73 Å². The number of carbonyl (C=O) groups excluding carboxylic acids is 1. The molecule has 0 aliphatic carbocycles. The molecule has 1 aromatic heterocycles. The second-order valence-corrected chi connectivity index (χ2v) is 5.09. The van der Waals surface area contributed by atoms with E-state index < -0.39 is 0 Å². The molecule has 2 unspecified atom stereocenters. The molecule has 0 bridgehead atoms. The zero-order chi connectivity index (χ0) is 13.0. The van der Waals surface area contributed by atoms with Gasteiger partial charge in [-0.1, -0.05) is 0 Å². The van der Waals surface area contributed by atoms with Crippen molar-refractivity contribution in [3.63, 3.8) is 0 Å². The maximum atomic E-state index is 12.2. The van der Waals surface area contributed by atoms with Crippen molar-refractivity contribution < 1.29 is 4.79 Å². The fourth-order valence-electron chi connectivity index (χ4n) is 2.51. The lowest BCUT2D eigenvalue weighted by Crippen LogP contribution is -2.47. The van der Waals surface area contributed by atoms with Crippen LogP contribution < -0.4 is 5.73 Å². The fraction of sp³-hybridized carbons (Fsp3) is 0.692. The quantitative estimate of drug-likeness (QED) is 0.862. The van der Waals surface area contributed by atoms with Crippen LogP contribution in [-0.4, -0.2) is 39.7 Å². The van der Waals surface area contributed by atoms with Crippen molar-refractivity contribution in [2.24, 2.45) is 11.7 Å². The first-order valence-electron chi connectivity index (χ1n) is 6.67. The average Bonchev–Trinajstić information content (AvgIpc) is 2.89. The zero-order valence-corrected chi connectivity index (χ0v) is 11.0. The van der Waals surface area contributed by atoms with E-state index in [9.17, 15) is 4.79 Å². The second-order valence-electron chi connectivity index (χ2n) is 5.09. The molecule has 0 aromatic carbocycles. The van der Waals surface area contributed by atoms with Gasteiger partial charge < -0.3 is 10.6 Å². The number of carbonyl (C=O) groups is 1. The number of nitrogens with two attached hydrogens (primary N) is 1. The van der Waals surface area contributed by atoms with Gasteiger partial charge >= 0.3 is 0 Å². The Hall–Kier alpha value is -1.36. The highest BCUT2D eigenvalue weighted by Gasteiger charge is 2.27. The summed E-state index contributed by atoms with van der Waals surface area (Å²) in [5, 5.41) is 4.11. The lowest BCUT2D eigenvalue weighted by atomic mass is 9.93. The van der Waals surface area contributed by atoms with Crippen molar-refractivity contribution in [1.29, 1.82) is 0 Å². The number of hydrogen-bond donors (Lipinski definition) is 1. The molecule has 2 N–H and O–H groups in total. The van der Waals surface area contributed by atoms with Gasteiger partial charge in [0.2, 0.25) is 5.91 Å². The monoisotopic (exact) mass is 250 g/mol. The van der Waals surface area contributed by atoms with Crippen molar-refractivity contribution >= 4 is 5.91 Å². The lowest BCUT2D eigenvalue weighted by molar-refractivity contribution is -0.135. The third-order valence-electron chi connectivity index (χ3n) is 3.75. The van der Waals surface area contributed by atoms with E-state index in [1.165, 1.54) is 0 Å². The van der Waals surface area contributed by atoms with Crippen LogP contribution in [0.4, 0.5) is 0 Å². The summed E-state index contributed by atoms with van der Waals surface area (Å²) in [5.41, 5.74) is 5.71. The molecule has 1 saturated heterocycles. The van der Waals surface area contributed by atoms with Crippen molar-refractivity contribution in [2.75, 3.05) is 13.1 Å². The molecule has 1 amide bonds. The summed E-state index contributed by atoms with van der Waals surface area (Å²) in [6.07, 6.45) is 6.34. The number of aryl methyl sites for hydroxylation is 1. The highest BCUT2D eigenvalue weighted by atomic mass is 16.2. The summed E-state index contributed by atoms with van der Waals surface area (Å²) in [6, 6.07) is 2.22. The summed E-state index contributed by atoms with van der Waals surface area (Å²) >= 11 is 0. The summed E-state index contributed by atoms with van der Waals surface area (Å²) < 4.78 is 1.80. The zero-order valence-electron chi connectivity index (χ0n) is 11.0. The Kier molecular flexibility index (Phi) is 4.36. The Morgan fingerprint density at radius 2 is 2.33 bits per heavy atom. The molecule has 5 nitrogen and oxygen atoms in total. The van der Waals surface area contributed by atoms with Crippen LogP contribution in [0, 0.1) is 5.92 Å². The van der Waals surface area contributed by atoms with Crippen LogP contribution in [0.5, 0.6) is 0 Å². The van der Waals surface area contributed by atoms with E-state index in [-0.39, 0.29) is 5.91 Å². The molecule has 1 aliphatic rings. The lowest BCUT2D eigenvalue weighted by Gasteiger charge is -2.37. The highest BCUT2D eigenvalue weighted by molar-refractivity contribution is 5.76. The number of rotatable bonds is 4. The normalized spacial score (nSPS) is 24.2. The Morgan fingerprint density at radius 3 is 3.00 bits per heavy atom. The van der Waals surface area contributed by atoms with Crippen LogP contribution in [0.3, 0.4) is 0 Å². The molecule has 2 heterocycles. The van der Waals surface area contributed by atoms with Crippen LogP contribution in [-0.2, 0) is 11.3 Å². The standard InChI is InChI=1S/C13H22N4O/c1-11-3-4-12(9-14)10-17(11)13(18)5-8-16-7-2-6-15-16/h2,6-7,11-12H,3-5,8-10,14H2,1H3. The van der Waals surface area contributed by atoms with Gasteiger partial charge in [0.1, 0.15) is 0 Å². The van der Waals surface area contributed by atoms with Crippen LogP contribution in [0.25, 0.3) is 0 Å². The van der Waals surface area contributed by atoms with Gasteiger partial charge in [-0.3, -0.25) is 9.48 Å². The SMILES string of the molecule is CC1CCC(CN)CN1C(=O)CCn1cccn1. The van der Waals surface area contributed by atoms with Gasteiger partial charge in [0.15, 0.2) is 0 Å². The predicted octanol–water partition coefficient (Wildman–Crippen LogP) is 0.859. The van der Waals surface area contributed by atoms with Crippen molar-refractivity contribution in [1.82, 2.24) is 14.7 Å². The summed E-state index contributed by atoms with van der Waals surface area (Å²) in [7, 11) is 0. The Morgan fingerprint density at radius 1 is 1.50 bits per heavy atom. The molecule has 18 heavy (non-hydrogen) atoms. The molecular formula is C13H22N4O. The summed E-state index contributed by atoms with van der Waals surface area (Å²) in [6.45, 7) is 4.27. The number of nitrogens with zero attached hydrogens (tertiary/aromatic N) is 3. The maximum Gasteiger partial charge on any atom is 0.224 e. The van der Waals surface area contributed by atoms with E-state index in [2.05, 4.69) is 12.0 Å². The number of hydrogen-bond acceptors (Lipinski definition) is 3. The molecule has 0 spiro atoms. The molecule has 0 radical (unpaired) electrons. The molecule has 2 rings (SSSR count). The molecule has 100 valence electrons. The van der Waals surface area contributed by atoms with Gasteiger partial charge in [-0.15, -0.1) is 0 Å². The molecule has 1 aliphatic heterocycles. The fourth-order valence-corrected chi connectivity index (χ4v) is 2.51. The maximum absolute atomic E-state index is 12.2. The summed E-state index contributed by atoms with van der Waals surface area (Å²) in [5.74, 6) is 0.686. The van der Waals surface area contributed by atoms with Gasteiger partial charge in [-0.05, 0) is 38.3 Å². The van der Waals surface area contributed by atoms with Gasteiger partial charge in [0.05, 0.1) is 0 Å². The third-order valence-corrected chi connectivity index (χ3v) is 3.75. The minimum atomic E-state index is 0.219. The molecular weight excluding hydrogens is 228 g/mol. The Bertz CT molecular complexity index is 376. The van der Waals surface area contributed by atoms with Gasteiger partial charge in [-0.25, -0.2) is 0 Å². The third kappa shape index (κ3) is 3.10. The van der Waals surface area contributed by atoms with Crippen LogP contribution in [0.15, 0.2) is 18.5 Å². The molecule has 5 heteroatoms. The molecule has 2 atom stereocenters. The smallest absolute Gasteiger partial charge is 0.224 e. The van der Waals surface area contributed by atoms with Gasteiger partial charge in [-0.2, -0.15) is 5.10 Å². The first kappa shape index (κ1) is 13.1.